The van der Waals surface area contributed by atoms with E-state index in [0.717, 1.165) is 34.1 Å². The Morgan fingerprint density at radius 2 is 2.26 bits per heavy atom. The molecule has 102 valence electrons. The lowest BCUT2D eigenvalue weighted by atomic mass is 9.99. The fourth-order valence-corrected chi connectivity index (χ4v) is 2.25. The molecular weight excluding hydrogens is 242 g/mol. The number of carbonyl (C=O) groups excluding carboxylic acids is 1. The van der Waals surface area contributed by atoms with Crippen molar-refractivity contribution in [3.05, 3.63) is 29.0 Å². The van der Waals surface area contributed by atoms with E-state index in [1.54, 1.807) is 0 Å². The molecule has 1 aromatic heterocycles. The number of carbonyl (C=O) groups is 1. The van der Waals surface area contributed by atoms with Crippen LogP contribution in [0.2, 0.25) is 0 Å². The molecule has 0 radical (unpaired) electrons. The van der Waals surface area contributed by atoms with Crippen molar-refractivity contribution in [3.8, 4) is 0 Å². The summed E-state index contributed by atoms with van der Waals surface area (Å²) in [5, 5.41) is 8.39. The highest BCUT2D eigenvalue weighted by atomic mass is 16.5. The first kappa shape index (κ1) is 13.5. The molecule has 19 heavy (non-hydrogen) atoms. The molecule has 1 heterocycles. The largest absolute Gasteiger partial charge is 0.468 e. The summed E-state index contributed by atoms with van der Waals surface area (Å²) >= 11 is 0. The van der Waals surface area contributed by atoms with Crippen LogP contribution in [0.3, 0.4) is 0 Å². The number of methoxy groups -OCH3 is 1. The van der Waals surface area contributed by atoms with Gasteiger partial charge in [0.2, 0.25) is 0 Å². The van der Waals surface area contributed by atoms with Gasteiger partial charge in [0.05, 0.1) is 12.6 Å². The lowest BCUT2D eigenvalue weighted by Gasteiger charge is -2.10. The van der Waals surface area contributed by atoms with E-state index in [9.17, 15) is 4.79 Å². The van der Waals surface area contributed by atoms with Crippen LogP contribution >= 0.6 is 0 Å². The molecule has 0 aliphatic heterocycles. The molecule has 0 aliphatic rings. The predicted octanol–water partition coefficient (Wildman–Crippen LogP) is 1.48. The molecule has 0 aliphatic carbocycles. The van der Waals surface area contributed by atoms with Crippen molar-refractivity contribution in [2.24, 2.45) is 5.73 Å². The van der Waals surface area contributed by atoms with Crippen molar-refractivity contribution < 1.29 is 9.53 Å². The molecular formula is C14H19N3O2. The van der Waals surface area contributed by atoms with E-state index in [1.165, 1.54) is 7.11 Å². The van der Waals surface area contributed by atoms with Crippen LogP contribution in [0.15, 0.2) is 12.1 Å². The molecule has 1 atom stereocenters. The third kappa shape index (κ3) is 2.61. The van der Waals surface area contributed by atoms with E-state index < -0.39 is 6.04 Å². The minimum atomic E-state index is -0.626. The third-order valence-corrected chi connectivity index (χ3v) is 3.33. The van der Waals surface area contributed by atoms with Crippen molar-refractivity contribution in [2.45, 2.75) is 32.7 Å². The molecule has 5 nitrogen and oxygen atoms in total. The van der Waals surface area contributed by atoms with Crippen LogP contribution in [0.4, 0.5) is 0 Å². The zero-order valence-corrected chi connectivity index (χ0v) is 11.5. The zero-order valence-electron chi connectivity index (χ0n) is 11.5. The van der Waals surface area contributed by atoms with Crippen molar-refractivity contribution in [2.75, 3.05) is 7.11 Å². The van der Waals surface area contributed by atoms with E-state index in [1.807, 2.05) is 13.0 Å². The minimum Gasteiger partial charge on any atom is -0.468 e. The topological polar surface area (TPSA) is 81.0 Å². The first-order valence-corrected chi connectivity index (χ1v) is 6.36. The molecule has 5 heteroatoms. The second-order valence-corrected chi connectivity index (χ2v) is 4.69. The van der Waals surface area contributed by atoms with Crippen molar-refractivity contribution in [1.82, 2.24) is 10.2 Å². The van der Waals surface area contributed by atoms with Crippen LogP contribution in [-0.2, 0) is 22.4 Å². The Hall–Kier alpha value is -1.88. The summed E-state index contributed by atoms with van der Waals surface area (Å²) in [5.41, 5.74) is 10.0. The average Bonchev–Trinajstić information content (AvgIpc) is 2.78. The van der Waals surface area contributed by atoms with E-state index in [0.29, 0.717) is 6.42 Å². The Bertz CT molecular complexity index is 604. The highest BCUT2D eigenvalue weighted by Crippen LogP contribution is 2.23. The zero-order chi connectivity index (χ0) is 14.0. The van der Waals surface area contributed by atoms with Crippen LogP contribution < -0.4 is 5.73 Å². The SMILES string of the molecule is CCc1cc(CC(N)C(=O)OC)cc2c(C)[nH]nc12. The average molecular weight is 261 g/mol. The van der Waals surface area contributed by atoms with E-state index in [2.05, 4.69) is 27.9 Å². The molecule has 2 aromatic rings. The van der Waals surface area contributed by atoms with Gasteiger partial charge in [-0.3, -0.25) is 9.89 Å². The molecule has 0 saturated carbocycles. The molecule has 0 amide bonds. The number of H-pyrrole nitrogens is 1. The number of nitrogens with one attached hydrogen (secondary N) is 1. The van der Waals surface area contributed by atoms with Gasteiger partial charge in [-0.25, -0.2) is 0 Å². The second-order valence-electron chi connectivity index (χ2n) is 4.69. The lowest BCUT2D eigenvalue weighted by molar-refractivity contribution is -0.142. The van der Waals surface area contributed by atoms with Crippen molar-refractivity contribution in [3.63, 3.8) is 0 Å². The predicted molar refractivity (Wildman–Crippen MR) is 73.9 cm³/mol. The smallest absolute Gasteiger partial charge is 0.322 e. The monoisotopic (exact) mass is 261 g/mol. The summed E-state index contributed by atoms with van der Waals surface area (Å²) in [5.74, 6) is -0.387. The molecule has 0 saturated heterocycles. The van der Waals surface area contributed by atoms with Gasteiger partial charge in [0, 0.05) is 11.1 Å². The number of fused-ring (bicyclic) bond motifs is 1. The molecule has 0 fully saturated rings. The van der Waals surface area contributed by atoms with Gasteiger partial charge in [0.25, 0.3) is 0 Å². The Morgan fingerprint density at radius 1 is 1.53 bits per heavy atom. The summed E-state index contributed by atoms with van der Waals surface area (Å²) in [6.45, 7) is 4.07. The Balaban J connectivity index is 2.38. The van der Waals surface area contributed by atoms with Gasteiger partial charge in [-0.1, -0.05) is 13.0 Å². The summed E-state index contributed by atoms with van der Waals surface area (Å²) in [4.78, 5) is 11.4. The summed E-state index contributed by atoms with van der Waals surface area (Å²) in [6, 6.07) is 3.47. The maximum Gasteiger partial charge on any atom is 0.322 e. The number of benzene rings is 1. The number of hydrogen-bond acceptors (Lipinski definition) is 4. The van der Waals surface area contributed by atoms with Gasteiger partial charge in [-0.15, -0.1) is 0 Å². The molecule has 0 spiro atoms. The Morgan fingerprint density at radius 3 is 2.89 bits per heavy atom. The van der Waals surface area contributed by atoms with Crippen molar-refractivity contribution >= 4 is 16.9 Å². The van der Waals surface area contributed by atoms with Crippen LogP contribution in [0, 0.1) is 6.92 Å². The van der Waals surface area contributed by atoms with Crippen LogP contribution in [0.5, 0.6) is 0 Å². The number of rotatable bonds is 4. The highest BCUT2D eigenvalue weighted by molar-refractivity contribution is 5.85. The fourth-order valence-electron chi connectivity index (χ4n) is 2.25. The van der Waals surface area contributed by atoms with Gasteiger partial charge in [-0.05, 0) is 37.0 Å². The number of aromatic nitrogens is 2. The number of esters is 1. The molecule has 3 N–H and O–H groups in total. The maximum absolute atomic E-state index is 11.4. The summed E-state index contributed by atoms with van der Waals surface area (Å²) in [6.07, 6.45) is 1.36. The molecule has 0 bridgehead atoms. The summed E-state index contributed by atoms with van der Waals surface area (Å²) < 4.78 is 4.65. The van der Waals surface area contributed by atoms with E-state index in [-0.39, 0.29) is 5.97 Å². The summed E-state index contributed by atoms with van der Waals surface area (Å²) in [7, 11) is 1.35. The number of nitrogens with two attached hydrogens (primary N) is 1. The standard InChI is InChI=1S/C14H19N3O2/c1-4-10-5-9(7-12(15)14(18)19-3)6-11-8(2)16-17-13(10)11/h5-6,12H,4,7,15H2,1-3H3,(H,16,17). The highest BCUT2D eigenvalue weighted by Gasteiger charge is 2.16. The molecule has 1 unspecified atom stereocenters. The quantitative estimate of drug-likeness (QED) is 0.817. The number of aromatic amines is 1. The van der Waals surface area contributed by atoms with Crippen LogP contribution in [-0.4, -0.2) is 29.3 Å². The first-order valence-electron chi connectivity index (χ1n) is 6.36. The van der Waals surface area contributed by atoms with Gasteiger partial charge >= 0.3 is 5.97 Å². The third-order valence-electron chi connectivity index (χ3n) is 3.33. The normalized spacial score (nSPS) is 12.6. The Kier molecular flexibility index (Phi) is 3.85. The number of aryl methyl sites for hydroxylation is 2. The maximum atomic E-state index is 11.4. The van der Waals surface area contributed by atoms with Crippen molar-refractivity contribution in [1.29, 1.82) is 0 Å². The lowest BCUT2D eigenvalue weighted by Crippen LogP contribution is -2.33. The minimum absolute atomic E-state index is 0.387. The van der Waals surface area contributed by atoms with E-state index >= 15 is 0 Å². The first-order chi connectivity index (χ1) is 9.06. The van der Waals surface area contributed by atoms with E-state index in [4.69, 9.17) is 5.73 Å². The van der Waals surface area contributed by atoms with Gasteiger partial charge in [0.1, 0.15) is 6.04 Å². The molecule has 2 rings (SSSR count). The molecule has 1 aromatic carbocycles. The Labute approximate surface area is 112 Å². The number of ether oxygens (including phenoxy) is 1. The van der Waals surface area contributed by atoms with Crippen LogP contribution in [0.25, 0.3) is 10.9 Å². The van der Waals surface area contributed by atoms with Crippen LogP contribution in [0.1, 0.15) is 23.7 Å². The van der Waals surface area contributed by atoms with Gasteiger partial charge < -0.3 is 10.5 Å². The van der Waals surface area contributed by atoms with Gasteiger partial charge in [-0.2, -0.15) is 5.10 Å². The second kappa shape index (κ2) is 5.40. The fraction of sp³-hybridized carbons (Fsp3) is 0.429. The number of hydrogen-bond donors (Lipinski definition) is 2. The van der Waals surface area contributed by atoms with Gasteiger partial charge in [0.15, 0.2) is 0 Å². The number of nitrogens with zero attached hydrogens (tertiary/aromatic N) is 1.